The number of esters is 1. The third-order valence-electron chi connectivity index (χ3n) is 4.36. The molecule has 0 spiro atoms. The molecule has 170 valence electrons. The molecule has 0 saturated carbocycles. The monoisotopic (exact) mass is 452 g/mol. The van der Waals surface area contributed by atoms with Crippen LogP contribution in [0.4, 0.5) is 24.5 Å². The van der Waals surface area contributed by atoms with Gasteiger partial charge in [-0.3, -0.25) is 9.59 Å². The predicted molar refractivity (Wildman–Crippen MR) is 106 cm³/mol. The molecule has 1 aliphatic rings. The number of carbonyl (C=O) groups excluding carboxylic acids is 3. The van der Waals surface area contributed by atoms with E-state index in [1.54, 1.807) is 18.2 Å². The second kappa shape index (κ2) is 9.58. The Morgan fingerprint density at radius 3 is 2.47 bits per heavy atom. The molecule has 2 amide bonds. The highest BCUT2D eigenvalue weighted by atomic mass is 19.4. The standard InChI is InChI=1S/C21H19F3N2O6/c1-12(20(29)25-14-3-5-15(6-4-14)32-21(22,23)24)31-19(28)11-30-16-7-8-17-13(10-16)2-9-18(27)26-17/h3-8,10,12H,2,9,11H2,1H3,(H,25,29)(H,26,27). The van der Waals surface area contributed by atoms with Crippen LogP contribution >= 0.6 is 0 Å². The lowest BCUT2D eigenvalue weighted by Crippen LogP contribution is -2.31. The van der Waals surface area contributed by atoms with Crippen molar-refractivity contribution in [2.24, 2.45) is 0 Å². The molecule has 0 radical (unpaired) electrons. The molecular weight excluding hydrogens is 433 g/mol. The lowest BCUT2D eigenvalue weighted by atomic mass is 10.0. The molecule has 0 bridgehead atoms. The number of aryl methyl sites for hydroxylation is 1. The van der Waals surface area contributed by atoms with Crippen molar-refractivity contribution in [1.82, 2.24) is 0 Å². The number of benzene rings is 2. The van der Waals surface area contributed by atoms with Gasteiger partial charge in [0.2, 0.25) is 5.91 Å². The molecule has 0 fully saturated rings. The minimum atomic E-state index is -4.81. The lowest BCUT2D eigenvalue weighted by Gasteiger charge is -2.18. The molecule has 3 rings (SSSR count). The van der Waals surface area contributed by atoms with Crippen molar-refractivity contribution in [3.8, 4) is 11.5 Å². The number of hydrogen-bond donors (Lipinski definition) is 2. The van der Waals surface area contributed by atoms with Crippen LogP contribution < -0.4 is 20.1 Å². The van der Waals surface area contributed by atoms with E-state index in [0.29, 0.717) is 24.3 Å². The number of rotatable bonds is 7. The molecule has 2 N–H and O–H groups in total. The van der Waals surface area contributed by atoms with Crippen LogP contribution in [0.15, 0.2) is 42.5 Å². The summed E-state index contributed by atoms with van der Waals surface area (Å²) in [6.45, 7) is 0.905. The van der Waals surface area contributed by atoms with Gasteiger partial charge >= 0.3 is 12.3 Å². The maximum atomic E-state index is 12.2. The highest BCUT2D eigenvalue weighted by Crippen LogP contribution is 2.27. The Bertz CT molecular complexity index is 1010. The van der Waals surface area contributed by atoms with Gasteiger partial charge in [0.15, 0.2) is 12.7 Å². The number of halogens is 3. The topological polar surface area (TPSA) is 103 Å². The molecule has 1 unspecified atom stereocenters. The van der Waals surface area contributed by atoms with Gasteiger partial charge in [0.25, 0.3) is 5.91 Å². The van der Waals surface area contributed by atoms with Gasteiger partial charge in [-0.25, -0.2) is 4.79 Å². The van der Waals surface area contributed by atoms with E-state index in [4.69, 9.17) is 9.47 Å². The molecule has 32 heavy (non-hydrogen) atoms. The van der Waals surface area contributed by atoms with E-state index in [2.05, 4.69) is 15.4 Å². The molecule has 11 heteroatoms. The summed E-state index contributed by atoms with van der Waals surface area (Å²) in [4.78, 5) is 35.5. The first-order valence-electron chi connectivity index (χ1n) is 9.51. The third kappa shape index (κ3) is 6.62. The van der Waals surface area contributed by atoms with Crippen molar-refractivity contribution in [3.05, 3.63) is 48.0 Å². The normalized spacial score (nSPS) is 13.9. The van der Waals surface area contributed by atoms with Gasteiger partial charge in [-0.2, -0.15) is 0 Å². The van der Waals surface area contributed by atoms with Crippen LogP contribution in [-0.4, -0.2) is 36.9 Å². The number of anilines is 2. The van der Waals surface area contributed by atoms with Crippen LogP contribution in [-0.2, 0) is 25.5 Å². The zero-order valence-corrected chi connectivity index (χ0v) is 16.8. The van der Waals surface area contributed by atoms with Gasteiger partial charge in [-0.05, 0) is 61.4 Å². The number of carbonyl (C=O) groups is 3. The minimum absolute atomic E-state index is 0.0624. The zero-order chi connectivity index (χ0) is 23.3. The summed E-state index contributed by atoms with van der Waals surface area (Å²) in [5.74, 6) is -1.54. The Labute approximate surface area is 180 Å². The van der Waals surface area contributed by atoms with Crippen LogP contribution in [0.25, 0.3) is 0 Å². The molecule has 0 saturated heterocycles. The number of ether oxygens (including phenoxy) is 3. The molecular formula is C21H19F3N2O6. The number of alkyl halides is 3. The summed E-state index contributed by atoms with van der Waals surface area (Å²) in [6, 6.07) is 9.50. The van der Waals surface area contributed by atoms with E-state index >= 15 is 0 Å². The van der Waals surface area contributed by atoms with Crippen molar-refractivity contribution < 1.29 is 41.8 Å². The SMILES string of the molecule is CC(OC(=O)COc1ccc2c(c1)CCC(=O)N2)C(=O)Nc1ccc(OC(F)(F)F)cc1. The van der Waals surface area contributed by atoms with E-state index in [1.807, 2.05) is 0 Å². The van der Waals surface area contributed by atoms with E-state index in [9.17, 15) is 27.6 Å². The van der Waals surface area contributed by atoms with Crippen LogP contribution in [0.1, 0.15) is 18.9 Å². The van der Waals surface area contributed by atoms with Crippen molar-refractivity contribution in [2.75, 3.05) is 17.2 Å². The second-order valence-electron chi connectivity index (χ2n) is 6.85. The first-order chi connectivity index (χ1) is 15.1. The van der Waals surface area contributed by atoms with Crippen LogP contribution in [0.5, 0.6) is 11.5 Å². The highest BCUT2D eigenvalue weighted by molar-refractivity contribution is 5.95. The van der Waals surface area contributed by atoms with Gasteiger partial charge in [0.05, 0.1) is 0 Å². The van der Waals surface area contributed by atoms with Crippen molar-refractivity contribution in [1.29, 1.82) is 0 Å². The van der Waals surface area contributed by atoms with Gasteiger partial charge in [-0.1, -0.05) is 0 Å². The number of nitrogens with one attached hydrogen (secondary N) is 2. The zero-order valence-electron chi connectivity index (χ0n) is 16.8. The molecule has 1 heterocycles. The van der Waals surface area contributed by atoms with Crippen molar-refractivity contribution in [2.45, 2.75) is 32.2 Å². The molecule has 0 aliphatic carbocycles. The second-order valence-corrected chi connectivity index (χ2v) is 6.85. The average molecular weight is 452 g/mol. The fourth-order valence-electron chi connectivity index (χ4n) is 2.86. The number of amides is 2. The molecule has 2 aromatic carbocycles. The Kier molecular flexibility index (Phi) is 6.86. The first-order valence-corrected chi connectivity index (χ1v) is 9.51. The summed E-state index contributed by atoms with van der Waals surface area (Å²) in [5, 5.41) is 5.16. The van der Waals surface area contributed by atoms with E-state index < -0.39 is 36.7 Å². The Hall–Kier alpha value is -3.76. The number of hydrogen-bond acceptors (Lipinski definition) is 6. The summed E-state index contributed by atoms with van der Waals surface area (Å²) in [5.41, 5.74) is 1.78. The molecule has 0 aromatic heterocycles. The summed E-state index contributed by atoms with van der Waals surface area (Å²) in [7, 11) is 0. The minimum Gasteiger partial charge on any atom is -0.482 e. The maximum absolute atomic E-state index is 12.2. The fraction of sp³-hybridized carbons (Fsp3) is 0.286. The highest BCUT2D eigenvalue weighted by Gasteiger charge is 2.31. The predicted octanol–water partition coefficient (Wildman–Crippen LogP) is 3.42. The smallest absolute Gasteiger partial charge is 0.482 e. The molecule has 2 aromatic rings. The summed E-state index contributed by atoms with van der Waals surface area (Å²) in [6.07, 6.45) is -5.06. The Morgan fingerprint density at radius 1 is 1.09 bits per heavy atom. The maximum Gasteiger partial charge on any atom is 0.573 e. The Morgan fingerprint density at radius 2 is 1.78 bits per heavy atom. The van der Waals surface area contributed by atoms with Gasteiger partial charge in [0, 0.05) is 17.8 Å². The third-order valence-corrected chi connectivity index (χ3v) is 4.36. The average Bonchev–Trinajstić information content (AvgIpc) is 2.72. The van der Waals surface area contributed by atoms with Gasteiger partial charge in [-0.15, -0.1) is 13.2 Å². The Balaban J connectivity index is 1.46. The van der Waals surface area contributed by atoms with Crippen LogP contribution in [0, 0.1) is 0 Å². The van der Waals surface area contributed by atoms with Crippen molar-refractivity contribution >= 4 is 29.2 Å². The summed E-state index contributed by atoms with van der Waals surface area (Å²) < 4.78 is 50.7. The summed E-state index contributed by atoms with van der Waals surface area (Å²) >= 11 is 0. The number of fused-ring (bicyclic) bond motifs is 1. The largest absolute Gasteiger partial charge is 0.573 e. The van der Waals surface area contributed by atoms with E-state index in [-0.39, 0.29) is 11.6 Å². The molecule has 8 nitrogen and oxygen atoms in total. The van der Waals surface area contributed by atoms with Crippen molar-refractivity contribution in [3.63, 3.8) is 0 Å². The van der Waals surface area contributed by atoms with Crippen LogP contribution in [0.2, 0.25) is 0 Å². The van der Waals surface area contributed by atoms with E-state index in [1.165, 1.54) is 19.1 Å². The lowest BCUT2D eigenvalue weighted by molar-refractivity contribution is -0.274. The first kappa shape index (κ1) is 22.9. The van der Waals surface area contributed by atoms with Gasteiger partial charge in [0.1, 0.15) is 11.5 Å². The van der Waals surface area contributed by atoms with E-state index in [0.717, 1.165) is 17.7 Å². The molecule has 1 atom stereocenters. The quantitative estimate of drug-likeness (QED) is 0.624. The molecule has 1 aliphatic heterocycles. The van der Waals surface area contributed by atoms with Crippen LogP contribution in [0.3, 0.4) is 0 Å². The van der Waals surface area contributed by atoms with Gasteiger partial charge < -0.3 is 24.8 Å². The fourth-order valence-corrected chi connectivity index (χ4v) is 2.86.